The molecule has 0 amide bonds. The standard InChI is InChI=1S/C21H35NO5S/c1-3-4-5-6-7-8-9-10-11-12-13-20(21(23)27-22)28(24,25)19-16-14-18(26-2)15-17-19/h14-17,20H,3-13,22H2,1-2H3. The van der Waals surface area contributed by atoms with E-state index in [9.17, 15) is 13.2 Å². The Morgan fingerprint density at radius 1 is 0.929 bits per heavy atom. The van der Waals surface area contributed by atoms with Crippen molar-refractivity contribution in [3.05, 3.63) is 24.3 Å². The predicted octanol–water partition coefficient (Wildman–Crippen LogP) is 4.57. The minimum atomic E-state index is -3.86. The Hall–Kier alpha value is -1.60. The van der Waals surface area contributed by atoms with Gasteiger partial charge in [0.2, 0.25) is 0 Å². The molecule has 7 heteroatoms. The van der Waals surface area contributed by atoms with E-state index in [0.29, 0.717) is 12.2 Å². The topological polar surface area (TPSA) is 95.7 Å². The molecule has 0 aliphatic carbocycles. The summed E-state index contributed by atoms with van der Waals surface area (Å²) < 4.78 is 30.7. The van der Waals surface area contributed by atoms with Crippen LogP contribution in [-0.2, 0) is 19.5 Å². The van der Waals surface area contributed by atoms with Crippen LogP contribution in [-0.4, -0.2) is 26.7 Å². The van der Waals surface area contributed by atoms with Gasteiger partial charge in [-0.1, -0.05) is 71.1 Å². The van der Waals surface area contributed by atoms with Crippen molar-refractivity contribution in [3.8, 4) is 5.75 Å². The molecule has 0 bridgehead atoms. The molecule has 0 aromatic heterocycles. The van der Waals surface area contributed by atoms with E-state index in [-0.39, 0.29) is 11.3 Å². The Bertz CT molecular complexity index is 658. The van der Waals surface area contributed by atoms with Crippen molar-refractivity contribution < 1.29 is 22.8 Å². The molecule has 1 aromatic carbocycles. The highest BCUT2D eigenvalue weighted by Crippen LogP contribution is 2.24. The zero-order valence-electron chi connectivity index (χ0n) is 17.2. The normalized spacial score (nSPS) is 12.5. The van der Waals surface area contributed by atoms with Gasteiger partial charge in [-0.05, 0) is 30.7 Å². The number of methoxy groups -OCH3 is 1. The zero-order valence-corrected chi connectivity index (χ0v) is 18.0. The molecule has 1 atom stereocenters. The van der Waals surface area contributed by atoms with Crippen molar-refractivity contribution in [2.75, 3.05) is 7.11 Å². The van der Waals surface area contributed by atoms with Crippen molar-refractivity contribution in [1.29, 1.82) is 0 Å². The van der Waals surface area contributed by atoms with Crippen molar-refractivity contribution in [1.82, 2.24) is 0 Å². The lowest BCUT2D eigenvalue weighted by molar-refractivity contribution is -0.143. The Morgan fingerprint density at radius 2 is 1.43 bits per heavy atom. The molecule has 0 aliphatic heterocycles. The Kier molecular flexibility index (Phi) is 11.8. The summed E-state index contributed by atoms with van der Waals surface area (Å²) in [6.45, 7) is 2.21. The lowest BCUT2D eigenvalue weighted by atomic mass is 10.1. The van der Waals surface area contributed by atoms with Crippen LogP contribution in [0.25, 0.3) is 0 Å². The van der Waals surface area contributed by atoms with E-state index in [1.54, 1.807) is 12.1 Å². The second-order valence-corrected chi connectivity index (χ2v) is 9.25. The second-order valence-electron chi connectivity index (χ2n) is 7.12. The van der Waals surface area contributed by atoms with Gasteiger partial charge in [0.1, 0.15) is 5.75 Å². The van der Waals surface area contributed by atoms with Crippen LogP contribution in [0.15, 0.2) is 29.2 Å². The molecule has 0 spiro atoms. The Labute approximate surface area is 169 Å². The number of nitrogens with two attached hydrogens (primary N) is 1. The SMILES string of the molecule is CCCCCCCCCCCCC(C(=O)ON)S(=O)(=O)c1ccc(OC)cc1. The first-order valence-corrected chi connectivity index (χ1v) is 11.8. The van der Waals surface area contributed by atoms with Crippen LogP contribution in [0.3, 0.4) is 0 Å². The zero-order chi connectivity index (χ0) is 20.8. The Morgan fingerprint density at radius 3 is 1.89 bits per heavy atom. The maximum Gasteiger partial charge on any atom is 0.343 e. The number of unbranched alkanes of at least 4 members (excludes halogenated alkanes) is 9. The third-order valence-electron chi connectivity index (χ3n) is 4.96. The van der Waals surface area contributed by atoms with Gasteiger partial charge in [-0.3, -0.25) is 0 Å². The summed E-state index contributed by atoms with van der Waals surface area (Å²) >= 11 is 0. The van der Waals surface area contributed by atoms with Crippen LogP contribution in [0.4, 0.5) is 0 Å². The van der Waals surface area contributed by atoms with Crippen molar-refractivity contribution in [3.63, 3.8) is 0 Å². The summed E-state index contributed by atoms with van der Waals surface area (Å²) in [5.41, 5.74) is 0. The number of rotatable bonds is 15. The van der Waals surface area contributed by atoms with E-state index >= 15 is 0 Å². The number of ether oxygens (including phenoxy) is 1. The predicted molar refractivity (Wildman–Crippen MR) is 111 cm³/mol. The quantitative estimate of drug-likeness (QED) is 0.334. The van der Waals surface area contributed by atoms with Gasteiger partial charge in [-0.25, -0.2) is 13.2 Å². The first kappa shape index (κ1) is 24.4. The maximum absolute atomic E-state index is 12.8. The van der Waals surface area contributed by atoms with Crippen LogP contribution in [0.2, 0.25) is 0 Å². The minimum Gasteiger partial charge on any atom is -0.497 e. The molecule has 2 N–H and O–H groups in total. The highest BCUT2D eigenvalue weighted by Gasteiger charge is 2.34. The number of carbonyl (C=O) groups excluding carboxylic acids is 1. The number of carbonyl (C=O) groups is 1. The Balaban J connectivity index is 2.49. The third kappa shape index (κ3) is 8.19. The van der Waals surface area contributed by atoms with Crippen molar-refractivity contribution >= 4 is 15.8 Å². The molecule has 1 aromatic rings. The average Bonchev–Trinajstić information content (AvgIpc) is 2.71. The monoisotopic (exact) mass is 413 g/mol. The molecular weight excluding hydrogens is 378 g/mol. The molecule has 0 saturated heterocycles. The van der Waals surface area contributed by atoms with E-state index in [2.05, 4.69) is 11.8 Å². The van der Waals surface area contributed by atoms with Gasteiger partial charge in [0.15, 0.2) is 15.1 Å². The summed E-state index contributed by atoms with van der Waals surface area (Å²) in [5, 5.41) is -1.28. The molecular formula is C21H35NO5S. The second kappa shape index (κ2) is 13.6. The van der Waals surface area contributed by atoms with Crippen LogP contribution in [0.5, 0.6) is 5.75 Å². The van der Waals surface area contributed by atoms with E-state index in [4.69, 9.17) is 10.6 Å². The molecule has 28 heavy (non-hydrogen) atoms. The third-order valence-corrected chi connectivity index (χ3v) is 7.07. The fourth-order valence-corrected chi connectivity index (χ4v) is 4.85. The fraction of sp³-hybridized carbons (Fsp3) is 0.667. The summed E-state index contributed by atoms with van der Waals surface area (Å²) in [5.74, 6) is 4.62. The highest BCUT2D eigenvalue weighted by atomic mass is 32.2. The molecule has 0 heterocycles. The summed E-state index contributed by atoms with van der Waals surface area (Å²) in [7, 11) is -2.35. The smallest absolute Gasteiger partial charge is 0.343 e. The van der Waals surface area contributed by atoms with Crippen LogP contribution in [0, 0.1) is 0 Å². The molecule has 1 unspecified atom stereocenters. The van der Waals surface area contributed by atoms with Crippen molar-refractivity contribution in [2.24, 2.45) is 5.90 Å². The highest BCUT2D eigenvalue weighted by molar-refractivity contribution is 7.92. The summed E-state index contributed by atoms with van der Waals surface area (Å²) in [6, 6.07) is 5.98. The van der Waals surface area contributed by atoms with Gasteiger partial charge in [-0.15, -0.1) is 0 Å². The van der Waals surface area contributed by atoms with Crippen LogP contribution >= 0.6 is 0 Å². The summed E-state index contributed by atoms with van der Waals surface area (Å²) in [6.07, 6.45) is 11.6. The largest absolute Gasteiger partial charge is 0.497 e. The minimum absolute atomic E-state index is 0.0655. The van der Waals surface area contributed by atoms with Crippen LogP contribution in [0.1, 0.15) is 77.6 Å². The van der Waals surface area contributed by atoms with E-state index < -0.39 is 21.1 Å². The first-order valence-electron chi connectivity index (χ1n) is 10.3. The fourth-order valence-electron chi connectivity index (χ4n) is 3.22. The van der Waals surface area contributed by atoms with E-state index in [0.717, 1.165) is 19.3 Å². The van der Waals surface area contributed by atoms with Gasteiger partial charge >= 0.3 is 5.97 Å². The molecule has 0 fully saturated rings. The lowest BCUT2D eigenvalue weighted by Gasteiger charge is -2.15. The van der Waals surface area contributed by atoms with Crippen molar-refractivity contribution in [2.45, 2.75) is 87.7 Å². The lowest BCUT2D eigenvalue weighted by Crippen LogP contribution is -2.33. The molecule has 0 radical (unpaired) electrons. The van der Waals surface area contributed by atoms with Gasteiger partial charge in [0, 0.05) is 0 Å². The van der Waals surface area contributed by atoms with Crippen LogP contribution < -0.4 is 10.6 Å². The average molecular weight is 414 g/mol. The number of benzene rings is 1. The van der Waals surface area contributed by atoms with Gasteiger partial charge in [-0.2, -0.15) is 5.90 Å². The number of hydrogen-bond acceptors (Lipinski definition) is 6. The number of sulfone groups is 1. The summed E-state index contributed by atoms with van der Waals surface area (Å²) in [4.78, 5) is 16.3. The van der Waals surface area contributed by atoms with Gasteiger partial charge in [0.05, 0.1) is 12.0 Å². The number of hydrogen-bond donors (Lipinski definition) is 1. The van der Waals surface area contributed by atoms with Gasteiger partial charge < -0.3 is 9.57 Å². The van der Waals surface area contributed by atoms with E-state index in [1.165, 1.54) is 57.8 Å². The molecule has 160 valence electrons. The molecule has 1 rings (SSSR count). The molecule has 0 aliphatic rings. The van der Waals surface area contributed by atoms with Gasteiger partial charge in [0.25, 0.3) is 0 Å². The molecule has 0 saturated carbocycles. The van der Waals surface area contributed by atoms with E-state index in [1.807, 2.05) is 0 Å². The maximum atomic E-state index is 12.8. The first-order chi connectivity index (χ1) is 13.5. The molecule has 6 nitrogen and oxygen atoms in total.